The molecule has 1 heterocycles. The number of aromatic nitrogens is 4. The van der Waals surface area contributed by atoms with Gasteiger partial charge in [0.1, 0.15) is 0 Å². The molecule has 2 N–H and O–H groups in total. The lowest BCUT2D eigenvalue weighted by atomic mass is 10.1. The topological polar surface area (TPSA) is 102 Å². The van der Waals surface area contributed by atoms with E-state index in [-0.39, 0.29) is 23.6 Å². The standard InChI is InChI=1S/C18H23ClN6O2S/c1-11(2)20-17(27)14-8-7-12(19)9-15(14)21-16(26)10-28-18-22-23-24-25(18)13-5-3-4-6-13/h7-9,11,13H,3-6,10H2,1-2H3,(H,20,27)(H,21,26). The molecule has 0 saturated heterocycles. The Balaban J connectivity index is 1.65. The van der Waals surface area contributed by atoms with Crippen LogP contribution in [0.2, 0.25) is 5.02 Å². The highest BCUT2D eigenvalue weighted by atomic mass is 35.5. The molecular weight excluding hydrogens is 400 g/mol. The zero-order chi connectivity index (χ0) is 20.1. The average Bonchev–Trinajstić information content (AvgIpc) is 3.30. The van der Waals surface area contributed by atoms with E-state index in [9.17, 15) is 9.59 Å². The Hall–Kier alpha value is -2.13. The molecule has 1 aromatic carbocycles. The monoisotopic (exact) mass is 422 g/mol. The van der Waals surface area contributed by atoms with Gasteiger partial charge in [0.2, 0.25) is 11.1 Å². The molecule has 1 aliphatic carbocycles. The third-order valence-electron chi connectivity index (χ3n) is 4.39. The van der Waals surface area contributed by atoms with E-state index >= 15 is 0 Å². The van der Waals surface area contributed by atoms with Crippen molar-refractivity contribution in [2.45, 2.75) is 56.8 Å². The van der Waals surface area contributed by atoms with E-state index in [1.165, 1.54) is 24.6 Å². The number of amides is 2. The Morgan fingerprint density at radius 1 is 1.32 bits per heavy atom. The Bertz CT molecular complexity index is 850. The Morgan fingerprint density at radius 2 is 2.07 bits per heavy atom. The quantitative estimate of drug-likeness (QED) is 0.663. The molecule has 1 aliphatic rings. The van der Waals surface area contributed by atoms with Gasteiger partial charge in [-0.15, -0.1) is 5.10 Å². The summed E-state index contributed by atoms with van der Waals surface area (Å²) in [6.45, 7) is 3.74. The van der Waals surface area contributed by atoms with Crippen molar-refractivity contribution in [1.29, 1.82) is 0 Å². The van der Waals surface area contributed by atoms with E-state index in [1.807, 2.05) is 18.5 Å². The van der Waals surface area contributed by atoms with E-state index in [0.29, 0.717) is 27.5 Å². The smallest absolute Gasteiger partial charge is 0.253 e. The predicted octanol–water partition coefficient (Wildman–Crippen LogP) is 3.31. The molecule has 2 aromatic rings. The van der Waals surface area contributed by atoms with E-state index in [1.54, 1.807) is 18.2 Å². The number of nitrogens with one attached hydrogen (secondary N) is 2. The first-order valence-corrected chi connectivity index (χ1v) is 10.6. The zero-order valence-electron chi connectivity index (χ0n) is 15.8. The number of tetrazole rings is 1. The molecule has 1 saturated carbocycles. The van der Waals surface area contributed by atoms with Crippen LogP contribution in [0.5, 0.6) is 0 Å². The van der Waals surface area contributed by atoms with Crippen LogP contribution in [-0.2, 0) is 4.79 Å². The molecule has 1 aromatic heterocycles. The molecule has 150 valence electrons. The lowest BCUT2D eigenvalue weighted by Gasteiger charge is -2.14. The van der Waals surface area contributed by atoms with Gasteiger partial charge in [-0.2, -0.15) is 0 Å². The molecule has 0 aliphatic heterocycles. The highest BCUT2D eigenvalue weighted by molar-refractivity contribution is 7.99. The highest BCUT2D eigenvalue weighted by Gasteiger charge is 2.22. The third kappa shape index (κ3) is 5.23. The molecule has 0 atom stereocenters. The van der Waals surface area contributed by atoms with Crippen LogP contribution in [0.3, 0.4) is 0 Å². The van der Waals surface area contributed by atoms with Crippen LogP contribution in [-0.4, -0.2) is 43.8 Å². The van der Waals surface area contributed by atoms with Crippen molar-refractivity contribution in [1.82, 2.24) is 25.5 Å². The number of benzene rings is 1. The van der Waals surface area contributed by atoms with Gasteiger partial charge in [0.05, 0.1) is 23.0 Å². The normalized spacial score (nSPS) is 14.4. The number of hydrogen-bond acceptors (Lipinski definition) is 6. The molecule has 1 fully saturated rings. The Kier molecular flexibility index (Phi) is 6.90. The molecule has 3 rings (SSSR count). The van der Waals surface area contributed by atoms with Crippen molar-refractivity contribution in [3.63, 3.8) is 0 Å². The maximum absolute atomic E-state index is 12.5. The van der Waals surface area contributed by atoms with Gasteiger partial charge in [0, 0.05) is 11.1 Å². The van der Waals surface area contributed by atoms with Gasteiger partial charge in [0.15, 0.2) is 0 Å². The summed E-state index contributed by atoms with van der Waals surface area (Å²) in [4.78, 5) is 24.8. The molecule has 0 unspecified atom stereocenters. The Morgan fingerprint density at radius 3 is 2.79 bits per heavy atom. The molecule has 28 heavy (non-hydrogen) atoms. The van der Waals surface area contributed by atoms with Gasteiger partial charge in [0.25, 0.3) is 5.91 Å². The summed E-state index contributed by atoms with van der Waals surface area (Å²) in [5, 5.41) is 18.5. The van der Waals surface area contributed by atoms with Gasteiger partial charge in [-0.3, -0.25) is 9.59 Å². The first-order chi connectivity index (χ1) is 13.4. The summed E-state index contributed by atoms with van der Waals surface area (Å²) in [6.07, 6.45) is 4.46. The number of hydrogen-bond donors (Lipinski definition) is 2. The lowest BCUT2D eigenvalue weighted by Crippen LogP contribution is -2.31. The van der Waals surface area contributed by atoms with Crippen molar-refractivity contribution in [3.05, 3.63) is 28.8 Å². The average molecular weight is 423 g/mol. The number of anilines is 1. The van der Waals surface area contributed by atoms with Gasteiger partial charge in [-0.25, -0.2) is 4.68 Å². The minimum atomic E-state index is -0.264. The second-order valence-electron chi connectivity index (χ2n) is 7.00. The second kappa shape index (κ2) is 9.38. The van der Waals surface area contributed by atoms with Gasteiger partial charge < -0.3 is 10.6 Å². The van der Waals surface area contributed by atoms with E-state index in [2.05, 4.69) is 26.2 Å². The fourth-order valence-electron chi connectivity index (χ4n) is 3.13. The summed E-state index contributed by atoms with van der Waals surface area (Å²) in [7, 11) is 0. The highest BCUT2D eigenvalue weighted by Crippen LogP contribution is 2.31. The van der Waals surface area contributed by atoms with Crippen molar-refractivity contribution >= 4 is 40.9 Å². The zero-order valence-corrected chi connectivity index (χ0v) is 17.4. The fraction of sp³-hybridized carbons (Fsp3) is 0.500. The summed E-state index contributed by atoms with van der Waals surface area (Å²) in [5.41, 5.74) is 0.749. The third-order valence-corrected chi connectivity index (χ3v) is 5.55. The minimum absolute atomic E-state index is 0.0169. The number of thioether (sulfide) groups is 1. The lowest BCUT2D eigenvalue weighted by molar-refractivity contribution is -0.113. The van der Waals surface area contributed by atoms with Crippen LogP contribution < -0.4 is 10.6 Å². The predicted molar refractivity (Wildman–Crippen MR) is 109 cm³/mol. The first kappa shape index (κ1) is 20.6. The largest absolute Gasteiger partial charge is 0.350 e. The van der Waals surface area contributed by atoms with Crippen LogP contribution in [0.15, 0.2) is 23.4 Å². The maximum atomic E-state index is 12.5. The van der Waals surface area contributed by atoms with Crippen LogP contribution in [0, 0.1) is 0 Å². The van der Waals surface area contributed by atoms with Gasteiger partial charge in [-0.05, 0) is 55.3 Å². The summed E-state index contributed by atoms with van der Waals surface area (Å²) >= 11 is 7.32. The van der Waals surface area contributed by atoms with Crippen molar-refractivity contribution in [2.24, 2.45) is 0 Å². The molecule has 2 amide bonds. The maximum Gasteiger partial charge on any atom is 0.253 e. The molecule has 8 nitrogen and oxygen atoms in total. The van der Waals surface area contributed by atoms with E-state index in [4.69, 9.17) is 11.6 Å². The SMILES string of the molecule is CC(C)NC(=O)c1ccc(Cl)cc1NC(=O)CSc1nnnn1C1CCCC1. The summed E-state index contributed by atoms with van der Waals surface area (Å²) in [5.74, 6) is -0.392. The van der Waals surface area contributed by atoms with Crippen LogP contribution in [0.25, 0.3) is 0 Å². The van der Waals surface area contributed by atoms with E-state index in [0.717, 1.165) is 12.8 Å². The van der Waals surface area contributed by atoms with Gasteiger partial charge in [-0.1, -0.05) is 36.2 Å². The minimum Gasteiger partial charge on any atom is -0.350 e. The van der Waals surface area contributed by atoms with Crippen molar-refractivity contribution in [3.8, 4) is 0 Å². The van der Waals surface area contributed by atoms with Crippen molar-refractivity contribution in [2.75, 3.05) is 11.1 Å². The van der Waals surface area contributed by atoms with Crippen molar-refractivity contribution < 1.29 is 9.59 Å². The molecule has 0 radical (unpaired) electrons. The molecule has 0 bridgehead atoms. The van der Waals surface area contributed by atoms with Crippen LogP contribution in [0.4, 0.5) is 5.69 Å². The number of rotatable bonds is 7. The molecule has 0 spiro atoms. The second-order valence-corrected chi connectivity index (χ2v) is 8.38. The van der Waals surface area contributed by atoms with Gasteiger partial charge >= 0.3 is 0 Å². The van der Waals surface area contributed by atoms with E-state index < -0.39 is 0 Å². The fourth-order valence-corrected chi connectivity index (χ4v) is 4.05. The van der Waals surface area contributed by atoms with Crippen LogP contribution >= 0.6 is 23.4 Å². The van der Waals surface area contributed by atoms with Crippen LogP contribution in [0.1, 0.15) is 55.9 Å². The summed E-state index contributed by atoms with van der Waals surface area (Å²) < 4.78 is 1.81. The number of carbonyl (C=O) groups excluding carboxylic acids is 2. The number of carbonyl (C=O) groups is 2. The molecular formula is C18H23ClN6O2S. The molecule has 10 heteroatoms. The number of halogens is 1. The number of nitrogens with zero attached hydrogens (tertiary/aromatic N) is 4. The summed E-state index contributed by atoms with van der Waals surface area (Å²) in [6, 6.07) is 5.08. The first-order valence-electron chi connectivity index (χ1n) is 9.25. The Labute approximate surface area is 172 Å².